The van der Waals surface area contributed by atoms with E-state index in [1.807, 2.05) is 18.3 Å². The van der Waals surface area contributed by atoms with Crippen molar-refractivity contribution in [2.24, 2.45) is 0 Å². The van der Waals surface area contributed by atoms with Gasteiger partial charge < -0.3 is 4.98 Å². The number of fused-ring (bicyclic) bond motifs is 1. The molecule has 0 bridgehead atoms. The molecule has 1 N–H and O–H groups in total. The summed E-state index contributed by atoms with van der Waals surface area (Å²) >= 11 is 1.73. The number of thiophene rings is 1. The molecule has 2 nitrogen and oxygen atoms in total. The number of aromatic amines is 1. The van der Waals surface area contributed by atoms with Crippen molar-refractivity contribution in [3.63, 3.8) is 0 Å². The molecule has 0 atom stereocenters. The minimum Gasteiger partial charge on any atom is -0.353 e. The third-order valence-corrected chi connectivity index (χ3v) is 3.08. The van der Waals surface area contributed by atoms with Crippen molar-refractivity contribution < 1.29 is 0 Å². The molecular formula is C11H8N2S. The van der Waals surface area contributed by atoms with Crippen molar-refractivity contribution in [2.45, 2.75) is 0 Å². The number of hydrogen-bond acceptors (Lipinski definition) is 2. The molecule has 0 amide bonds. The van der Waals surface area contributed by atoms with Crippen LogP contribution in [0.3, 0.4) is 0 Å². The molecule has 0 fully saturated rings. The van der Waals surface area contributed by atoms with Crippen LogP contribution in [0.4, 0.5) is 0 Å². The third kappa shape index (κ3) is 1.14. The Hall–Kier alpha value is -1.61. The molecule has 0 saturated carbocycles. The highest BCUT2D eigenvalue weighted by atomic mass is 32.1. The quantitative estimate of drug-likeness (QED) is 0.641. The first-order valence-corrected chi connectivity index (χ1v) is 5.29. The maximum Gasteiger partial charge on any atom is 0.0885 e. The van der Waals surface area contributed by atoms with Crippen LogP contribution in [0.15, 0.2) is 41.9 Å². The summed E-state index contributed by atoms with van der Waals surface area (Å²) in [5.41, 5.74) is 3.26. The molecule has 0 aliphatic carbocycles. The van der Waals surface area contributed by atoms with Gasteiger partial charge in [0, 0.05) is 6.20 Å². The lowest BCUT2D eigenvalue weighted by Crippen LogP contribution is -1.70. The van der Waals surface area contributed by atoms with E-state index in [1.165, 1.54) is 4.88 Å². The Morgan fingerprint density at radius 1 is 1.21 bits per heavy atom. The molecule has 0 unspecified atom stereocenters. The van der Waals surface area contributed by atoms with E-state index in [4.69, 9.17) is 0 Å². The number of aromatic nitrogens is 2. The molecule has 0 spiro atoms. The highest BCUT2D eigenvalue weighted by molar-refractivity contribution is 7.13. The summed E-state index contributed by atoms with van der Waals surface area (Å²) in [4.78, 5) is 8.88. The molecule has 3 heteroatoms. The second-order valence-electron chi connectivity index (χ2n) is 3.10. The fourth-order valence-corrected chi connectivity index (χ4v) is 2.22. The van der Waals surface area contributed by atoms with Gasteiger partial charge in [0.05, 0.1) is 21.6 Å². The summed E-state index contributed by atoms with van der Waals surface area (Å²) in [6.07, 6.45) is 1.81. The molecule has 68 valence electrons. The Kier molecular flexibility index (Phi) is 1.64. The van der Waals surface area contributed by atoms with Crippen molar-refractivity contribution in [3.8, 4) is 10.6 Å². The van der Waals surface area contributed by atoms with Gasteiger partial charge in [-0.25, -0.2) is 0 Å². The third-order valence-electron chi connectivity index (χ3n) is 2.18. The zero-order chi connectivity index (χ0) is 9.38. The van der Waals surface area contributed by atoms with Crippen LogP contribution in [0.1, 0.15) is 0 Å². The Morgan fingerprint density at radius 3 is 3.00 bits per heavy atom. The van der Waals surface area contributed by atoms with Crippen LogP contribution in [0.25, 0.3) is 21.6 Å². The fourth-order valence-electron chi connectivity index (χ4n) is 1.52. The highest BCUT2D eigenvalue weighted by Crippen LogP contribution is 2.26. The number of nitrogens with zero attached hydrogens (tertiary/aromatic N) is 1. The van der Waals surface area contributed by atoms with Gasteiger partial charge in [-0.15, -0.1) is 11.3 Å². The SMILES string of the molecule is c1csc(-c2cc3ncccc3[nH]2)c1. The Bertz CT molecular complexity index is 518. The maximum atomic E-state index is 4.29. The molecule has 0 aromatic carbocycles. The van der Waals surface area contributed by atoms with Gasteiger partial charge in [0.25, 0.3) is 0 Å². The number of H-pyrrole nitrogens is 1. The summed E-state index contributed by atoms with van der Waals surface area (Å²) in [5, 5.41) is 2.08. The van der Waals surface area contributed by atoms with Crippen molar-refractivity contribution in [3.05, 3.63) is 41.9 Å². The van der Waals surface area contributed by atoms with Gasteiger partial charge in [-0.05, 0) is 29.6 Å². The Balaban J connectivity index is 2.24. The van der Waals surface area contributed by atoms with Crippen LogP contribution in [0, 0.1) is 0 Å². The first-order valence-electron chi connectivity index (χ1n) is 4.41. The standard InChI is InChI=1S/C11H8N2S/c1-3-8-9(12-5-1)7-10(13-8)11-4-2-6-14-11/h1-7,13H. The van der Waals surface area contributed by atoms with E-state index >= 15 is 0 Å². The van der Waals surface area contributed by atoms with Crippen LogP contribution in [0.2, 0.25) is 0 Å². The number of rotatable bonds is 1. The number of hydrogen-bond donors (Lipinski definition) is 1. The average Bonchev–Trinajstić information content (AvgIpc) is 2.86. The summed E-state index contributed by atoms with van der Waals surface area (Å²) in [5.74, 6) is 0. The van der Waals surface area contributed by atoms with E-state index in [0.29, 0.717) is 0 Å². The lowest BCUT2D eigenvalue weighted by Gasteiger charge is -1.87. The van der Waals surface area contributed by atoms with Crippen LogP contribution < -0.4 is 0 Å². The Labute approximate surface area is 85.2 Å². The van der Waals surface area contributed by atoms with Gasteiger partial charge in [0.2, 0.25) is 0 Å². The van der Waals surface area contributed by atoms with E-state index in [2.05, 4.69) is 33.5 Å². The molecule has 0 radical (unpaired) electrons. The van der Waals surface area contributed by atoms with Crippen LogP contribution in [-0.2, 0) is 0 Å². The molecule has 3 aromatic rings. The zero-order valence-electron chi connectivity index (χ0n) is 7.40. The molecule has 3 rings (SSSR count). The van der Waals surface area contributed by atoms with Crippen molar-refractivity contribution >= 4 is 22.4 Å². The van der Waals surface area contributed by atoms with Gasteiger partial charge in [-0.1, -0.05) is 6.07 Å². The largest absolute Gasteiger partial charge is 0.353 e. The normalized spacial score (nSPS) is 10.9. The highest BCUT2D eigenvalue weighted by Gasteiger charge is 2.03. The average molecular weight is 200 g/mol. The van der Waals surface area contributed by atoms with Gasteiger partial charge in [-0.2, -0.15) is 0 Å². The minimum atomic E-state index is 1.02. The molecule has 3 aromatic heterocycles. The Morgan fingerprint density at radius 2 is 2.21 bits per heavy atom. The minimum absolute atomic E-state index is 1.02. The van der Waals surface area contributed by atoms with E-state index in [0.717, 1.165) is 16.7 Å². The van der Waals surface area contributed by atoms with Crippen LogP contribution >= 0.6 is 11.3 Å². The molecule has 3 heterocycles. The number of pyridine rings is 1. The monoisotopic (exact) mass is 200 g/mol. The second kappa shape index (κ2) is 2.96. The van der Waals surface area contributed by atoms with Crippen molar-refractivity contribution in [1.82, 2.24) is 9.97 Å². The lowest BCUT2D eigenvalue weighted by atomic mass is 10.3. The van der Waals surface area contributed by atoms with Crippen LogP contribution in [-0.4, -0.2) is 9.97 Å². The molecule has 0 aliphatic heterocycles. The topological polar surface area (TPSA) is 28.7 Å². The number of nitrogens with one attached hydrogen (secondary N) is 1. The van der Waals surface area contributed by atoms with Gasteiger partial charge >= 0.3 is 0 Å². The maximum absolute atomic E-state index is 4.29. The predicted octanol–water partition coefficient (Wildman–Crippen LogP) is 3.29. The van der Waals surface area contributed by atoms with Crippen LogP contribution in [0.5, 0.6) is 0 Å². The fraction of sp³-hybridized carbons (Fsp3) is 0. The van der Waals surface area contributed by atoms with Gasteiger partial charge in [0.15, 0.2) is 0 Å². The first-order chi connectivity index (χ1) is 6.93. The van der Waals surface area contributed by atoms with E-state index in [1.54, 1.807) is 11.3 Å². The molecule has 0 saturated heterocycles. The first kappa shape index (κ1) is 7.76. The lowest BCUT2D eigenvalue weighted by molar-refractivity contribution is 1.41. The van der Waals surface area contributed by atoms with Gasteiger partial charge in [-0.3, -0.25) is 4.98 Å². The van der Waals surface area contributed by atoms with Crippen molar-refractivity contribution in [1.29, 1.82) is 0 Å². The van der Waals surface area contributed by atoms with Crippen molar-refractivity contribution in [2.75, 3.05) is 0 Å². The zero-order valence-corrected chi connectivity index (χ0v) is 8.21. The smallest absolute Gasteiger partial charge is 0.0885 e. The molecule has 0 aliphatic rings. The predicted molar refractivity (Wildman–Crippen MR) is 59.4 cm³/mol. The summed E-state index contributed by atoms with van der Waals surface area (Å²) in [7, 11) is 0. The van der Waals surface area contributed by atoms with E-state index in [-0.39, 0.29) is 0 Å². The molecule has 14 heavy (non-hydrogen) atoms. The summed E-state index contributed by atoms with van der Waals surface area (Å²) in [6.45, 7) is 0. The van der Waals surface area contributed by atoms with Gasteiger partial charge in [0.1, 0.15) is 0 Å². The second-order valence-corrected chi connectivity index (χ2v) is 4.04. The van der Waals surface area contributed by atoms with E-state index in [9.17, 15) is 0 Å². The molecular weight excluding hydrogens is 192 g/mol. The summed E-state index contributed by atoms with van der Waals surface area (Å²) < 4.78 is 0. The van der Waals surface area contributed by atoms with E-state index < -0.39 is 0 Å². The summed E-state index contributed by atoms with van der Waals surface area (Å²) in [6, 6.07) is 10.2.